The maximum atomic E-state index is 13.1. The van der Waals surface area contributed by atoms with Crippen LogP contribution in [0.4, 0.5) is 18.9 Å². The van der Waals surface area contributed by atoms with Gasteiger partial charge in [-0.25, -0.2) is 0 Å². The molecule has 0 aliphatic rings. The summed E-state index contributed by atoms with van der Waals surface area (Å²) in [5.74, 6) is 0.517. The average molecular weight is 339 g/mol. The van der Waals surface area contributed by atoms with Crippen molar-refractivity contribution in [3.63, 3.8) is 0 Å². The van der Waals surface area contributed by atoms with Crippen LogP contribution in [0.15, 0.2) is 30.3 Å². The molecule has 0 aliphatic carbocycles. The Balaban J connectivity index is 2.71. The van der Waals surface area contributed by atoms with Gasteiger partial charge in [-0.1, -0.05) is 19.9 Å². The van der Waals surface area contributed by atoms with Gasteiger partial charge in [0.05, 0.1) is 19.8 Å². The van der Waals surface area contributed by atoms with E-state index in [9.17, 15) is 13.2 Å². The van der Waals surface area contributed by atoms with Crippen molar-refractivity contribution < 1.29 is 22.6 Å². The quantitative estimate of drug-likeness (QED) is 0.789. The molecule has 2 N–H and O–H groups in total. The van der Waals surface area contributed by atoms with Crippen LogP contribution in [0.25, 0.3) is 11.1 Å². The maximum Gasteiger partial charge on any atom is 0.420 e. The molecule has 2 aromatic carbocycles. The third-order valence-electron chi connectivity index (χ3n) is 3.86. The molecule has 0 heterocycles. The first-order valence-corrected chi connectivity index (χ1v) is 7.42. The van der Waals surface area contributed by atoms with Crippen molar-refractivity contribution in [1.82, 2.24) is 0 Å². The molecule has 0 fully saturated rings. The normalized spacial score (nSPS) is 11.7. The highest BCUT2D eigenvalue weighted by Crippen LogP contribution is 2.43. The number of hydrogen-bond acceptors (Lipinski definition) is 3. The maximum absolute atomic E-state index is 13.1. The summed E-state index contributed by atoms with van der Waals surface area (Å²) in [6.45, 7) is 4.06. The highest BCUT2D eigenvalue weighted by atomic mass is 19.4. The number of nitrogen functional groups attached to an aromatic ring is 1. The van der Waals surface area contributed by atoms with E-state index >= 15 is 0 Å². The van der Waals surface area contributed by atoms with Gasteiger partial charge < -0.3 is 15.2 Å². The molecule has 0 atom stereocenters. The Morgan fingerprint density at radius 2 is 1.54 bits per heavy atom. The fraction of sp³-hybridized carbons (Fsp3) is 0.333. The molecular weight excluding hydrogens is 319 g/mol. The number of methoxy groups -OCH3 is 2. The second-order valence-electron chi connectivity index (χ2n) is 5.75. The zero-order chi connectivity index (χ0) is 18.1. The van der Waals surface area contributed by atoms with E-state index in [0.29, 0.717) is 16.9 Å². The van der Waals surface area contributed by atoms with Crippen LogP contribution in [-0.2, 0) is 6.18 Å². The molecular formula is C18H20F3NO2. The standard InChI is InChI=1S/C18H20F3NO2/c1-10(2)11-5-6-16(23-3)13(7-11)12-8-17(24-4)14(9-15(12)22)18(19,20)21/h5-10H,22H2,1-4H3. The monoisotopic (exact) mass is 339 g/mol. The SMILES string of the molecule is COc1ccc(C(C)C)cc1-c1cc(OC)c(C(F)(F)F)cc1N. The zero-order valence-corrected chi connectivity index (χ0v) is 14.0. The lowest BCUT2D eigenvalue weighted by atomic mass is 9.94. The van der Waals surface area contributed by atoms with E-state index in [4.69, 9.17) is 15.2 Å². The van der Waals surface area contributed by atoms with Crippen molar-refractivity contribution in [2.24, 2.45) is 0 Å². The molecule has 0 aromatic heterocycles. The van der Waals surface area contributed by atoms with E-state index in [2.05, 4.69) is 0 Å². The Morgan fingerprint density at radius 3 is 2.04 bits per heavy atom. The number of anilines is 1. The number of hydrogen-bond donors (Lipinski definition) is 1. The number of halogens is 3. The van der Waals surface area contributed by atoms with Gasteiger partial charge in [-0.3, -0.25) is 0 Å². The number of alkyl halides is 3. The highest BCUT2D eigenvalue weighted by Gasteiger charge is 2.35. The fourth-order valence-corrected chi connectivity index (χ4v) is 2.52. The Morgan fingerprint density at radius 1 is 0.917 bits per heavy atom. The van der Waals surface area contributed by atoms with Crippen LogP contribution in [0.2, 0.25) is 0 Å². The molecule has 0 saturated carbocycles. The summed E-state index contributed by atoms with van der Waals surface area (Å²) in [4.78, 5) is 0. The van der Waals surface area contributed by atoms with Crippen molar-refractivity contribution in [2.75, 3.05) is 20.0 Å². The predicted octanol–water partition coefficient (Wildman–Crippen LogP) is 5.10. The van der Waals surface area contributed by atoms with Crippen LogP contribution in [0.5, 0.6) is 11.5 Å². The van der Waals surface area contributed by atoms with Crippen molar-refractivity contribution in [3.05, 3.63) is 41.5 Å². The Labute approximate surface area is 139 Å². The fourth-order valence-electron chi connectivity index (χ4n) is 2.52. The summed E-state index contributed by atoms with van der Waals surface area (Å²) >= 11 is 0. The number of benzene rings is 2. The molecule has 6 heteroatoms. The van der Waals surface area contributed by atoms with Crippen LogP contribution in [-0.4, -0.2) is 14.2 Å². The van der Waals surface area contributed by atoms with E-state index in [0.717, 1.165) is 11.6 Å². The average Bonchev–Trinajstić information content (AvgIpc) is 2.53. The lowest BCUT2D eigenvalue weighted by Gasteiger charge is -2.18. The molecule has 0 spiro atoms. The molecule has 2 aromatic rings. The van der Waals surface area contributed by atoms with Gasteiger partial charge in [0.1, 0.15) is 11.5 Å². The lowest BCUT2D eigenvalue weighted by Crippen LogP contribution is -2.09. The van der Waals surface area contributed by atoms with Gasteiger partial charge in [0.2, 0.25) is 0 Å². The van der Waals surface area contributed by atoms with Crippen LogP contribution in [0.3, 0.4) is 0 Å². The third kappa shape index (κ3) is 3.42. The van der Waals surface area contributed by atoms with Gasteiger partial charge in [-0.05, 0) is 35.7 Å². The van der Waals surface area contributed by atoms with E-state index in [1.165, 1.54) is 20.3 Å². The summed E-state index contributed by atoms with van der Waals surface area (Å²) < 4.78 is 49.6. The first kappa shape index (κ1) is 18.0. The van der Waals surface area contributed by atoms with Gasteiger partial charge in [0, 0.05) is 16.8 Å². The lowest BCUT2D eigenvalue weighted by molar-refractivity contribution is -0.138. The van der Waals surface area contributed by atoms with Crippen molar-refractivity contribution in [2.45, 2.75) is 25.9 Å². The van der Waals surface area contributed by atoms with E-state index in [-0.39, 0.29) is 17.4 Å². The highest BCUT2D eigenvalue weighted by molar-refractivity contribution is 5.83. The van der Waals surface area contributed by atoms with Crippen LogP contribution < -0.4 is 15.2 Å². The molecule has 2 rings (SSSR count). The second kappa shape index (κ2) is 6.63. The predicted molar refractivity (Wildman–Crippen MR) is 88.5 cm³/mol. The molecule has 0 aliphatic heterocycles. The molecule has 0 unspecified atom stereocenters. The summed E-state index contributed by atoms with van der Waals surface area (Å²) in [6, 6.07) is 7.79. The Hall–Kier alpha value is -2.37. The van der Waals surface area contributed by atoms with Crippen molar-refractivity contribution >= 4 is 5.69 Å². The second-order valence-corrected chi connectivity index (χ2v) is 5.75. The van der Waals surface area contributed by atoms with Gasteiger partial charge in [-0.15, -0.1) is 0 Å². The Bertz CT molecular complexity index is 740. The molecule has 0 radical (unpaired) electrons. The Kier molecular flexibility index (Phi) is 4.96. The molecule has 0 saturated heterocycles. The first-order valence-electron chi connectivity index (χ1n) is 7.42. The smallest absolute Gasteiger partial charge is 0.420 e. The molecule has 130 valence electrons. The minimum absolute atomic E-state index is 0.0160. The number of ether oxygens (including phenoxy) is 2. The van der Waals surface area contributed by atoms with Gasteiger partial charge in [0.25, 0.3) is 0 Å². The van der Waals surface area contributed by atoms with Gasteiger partial charge in [-0.2, -0.15) is 13.2 Å². The van der Waals surface area contributed by atoms with Crippen molar-refractivity contribution in [1.29, 1.82) is 0 Å². The van der Waals surface area contributed by atoms with Gasteiger partial charge >= 0.3 is 6.18 Å². The van der Waals surface area contributed by atoms with Gasteiger partial charge in [0.15, 0.2) is 0 Å². The molecule has 24 heavy (non-hydrogen) atoms. The summed E-state index contributed by atoms with van der Waals surface area (Å²) in [5, 5.41) is 0. The summed E-state index contributed by atoms with van der Waals surface area (Å²) in [6.07, 6.45) is -4.54. The third-order valence-corrected chi connectivity index (χ3v) is 3.86. The number of rotatable bonds is 4. The molecule has 3 nitrogen and oxygen atoms in total. The molecule has 0 bridgehead atoms. The topological polar surface area (TPSA) is 44.5 Å². The zero-order valence-electron chi connectivity index (χ0n) is 14.0. The van der Waals surface area contributed by atoms with E-state index in [1.54, 1.807) is 6.07 Å². The summed E-state index contributed by atoms with van der Waals surface area (Å²) in [7, 11) is 2.71. The van der Waals surface area contributed by atoms with Crippen LogP contribution in [0.1, 0.15) is 30.9 Å². The number of nitrogens with two attached hydrogens (primary N) is 1. The van der Waals surface area contributed by atoms with Crippen LogP contribution in [0, 0.1) is 0 Å². The minimum Gasteiger partial charge on any atom is -0.496 e. The summed E-state index contributed by atoms with van der Waals surface area (Å²) in [5.41, 5.74) is 7.14. The van der Waals surface area contributed by atoms with Crippen LogP contribution >= 0.6 is 0 Å². The van der Waals surface area contributed by atoms with E-state index < -0.39 is 11.7 Å². The largest absolute Gasteiger partial charge is 0.496 e. The van der Waals surface area contributed by atoms with E-state index in [1.807, 2.05) is 26.0 Å². The van der Waals surface area contributed by atoms with Crippen molar-refractivity contribution in [3.8, 4) is 22.6 Å². The minimum atomic E-state index is -4.54. The molecule has 0 amide bonds. The first-order chi connectivity index (χ1) is 11.2.